The molecular formula is C16H17FN2O2. The highest BCUT2D eigenvalue weighted by Crippen LogP contribution is 2.25. The average molecular weight is 288 g/mol. The van der Waals surface area contributed by atoms with Gasteiger partial charge >= 0.3 is 0 Å². The summed E-state index contributed by atoms with van der Waals surface area (Å²) in [6.45, 7) is 1.67. The predicted octanol–water partition coefficient (Wildman–Crippen LogP) is 3.46. The van der Waals surface area contributed by atoms with Crippen molar-refractivity contribution in [2.75, 3.05) is 0 Å². The number of carbonyl (C=O) groups is 1. The van der Waals surface area contributed by atoms with E-state index in [0.29, 0.717) is 5.76 Å². The van der Waals surface area contributed by atoms with Crippen LogP contribution in [0.25, 0.3) is 11.5 Å². The van der Waals surface area contributed by atoms with Crippen LogP contribution in [-0.2, 0) is 0 Å². The first-order chi connectivity index (χ1) is 10.1. The number of hydrogen-bond acceptors (Lipinski definition) is 3. The number of hydrogen-bond donors (Lipinski definition) is 1. The maximum atomic E-state index is 13.7. The number of halogens is 1. The molecule has 0 atom stereocenters. The van der Waals surface area contributed by atoms with Crippen molar-refractivity contribution in [2.24, 2.45) is 0 Å². The van der Waals surface area contributed by atoms with Crippen molar-refractivity contribution in [3.05, 3.63) is 41.5 Å². The molecule has 3 rings (SSSR count). The number of nitrogens with zero attached hydrogens (tertiary/aromatic N) is 1. The third-order valence-corrected chi connectivity index (χ3v) is 3.81. The molecule has 1 aromatic carbocycles. The zero-order chi connectivity index (χ0) is 14.8. The summed E-state index contributed by atoms with van der Waals surface area (Å²) in [6, 6.07) is 6.44. The molecule has 0 saturated heterocycles. The molecule has 0 bridgehead atoms. The minimum Gasteiger partial charge on any atom is -0.440 e. The van der Waals surface area contributed by atoms with Gasteiger partial charge in [-0.2, -0.15) is 0 Å². The Hall–Kier alpha value is -2.17. The number of nitrogens with one attached hydrogen (secondary N) is 1. The summed E-state index contributed by atoms with van der Waals surface area (Å²) in [7, 11) is 0. The van der Waals surface area contributed by atoms with Crippen LogP contribution >= 0.6 is 0 Å². The Morgan fingerprint density at radius 3 is 2.76 bits per heavy atom. The van der Waals surface area contributed by atoms with Gasteiger partial charge in [0.25, 0.3) is 5.91 Å². The topological polar surface area (TPSA) is 55.1 Å². The molecule has 1 aliphatic rings. The molecule has 0 spiro atoms. The third kappa shape index (κ3) is 2.82. The Labute approximate surface area is 122 Å². The maximum Gasteiger partial charge on any atom is 0.273 e. The normalized spacial score (nSPS) is 15.3. The monoisotopic (exact) mass is 288 g/mol. The van der Waals surface area contributed by atoms with Crippen molar-refractivity contribution >= 4 is 5.91 Å². The molecule has 1 aliphatic carbocycles. The molecule has 4 nitrogen and oxygen atoms in total. The number of rotatable bonds is 3. The first-order valence-electron chi connectivity index (χ1n) is 7.18. The van der Waals surface area contributed by atoms with Gasteiger partial charge in [-0.1, -0.05) is 25.0 Å². The van der Waals surface area contributed by atoms with Crippen LogP contribution in [0, 0.1) is 12.7 Å². The Balaban J connectivity index is 1.84. The highest BCUT2D eigenvalue weighted by atomic mass is 19.1. The number of aromatic nitrogens is 1. The summed E-state index contributed by atoms with van der Waals surface area (Å²) in [5.41, 5.74) is 0.501. The van der Waals surface area contributed by atoms with E-state index >= 15 is 0 Å². The highest BCUT2D eigenvalue weighted by molar-refractivity contribution is 5.93. The summed E-state index contributed by atoms with van der Waals surface area (Å²) >= 11 is 0. The van der Waals surface area contributed by atoms with Gasteiger partial charge in [0.05, 0.1) is 5.56 Å². The van der Waals surface area contributed by atoms with Crippen molar-refractivity contribution in [1.82, 2.24) is 10.3 Å². The van der Waals surface area contributed by atoms with Crippen molar-refractivity contribution in [2.45, 2.75) is 38.6 Å². The van der Waals surface area contributed by atoms with Crippen LogP contribution in [0.3, 0.4) is 0 Å². The van der Waals surface area contributed by atoms with Crippen molar-refractivity contribution < 1.29 is 13.6 Å². The Bertz CT molecular complexity index is 660. The second-order valence-corrected chi connectivity index (χ2v) is 5.36. The minimum absolute atomic E-state index is 0.141. The van der Waals surface area contributed by atoms with Gasteiger partial charge in [-0.15, -0.1) is 0 Å². The standard InChI is InChI=1S/C16H17FN2O2/c1-10-14(15(20)18-11-6-2-3-7-11)19-16(21-10)12-8-4-5-9-13(12)17/h4-5,8-9,11H,2-3,6-7H2,1H3,(H,18,20). The van der Waals surface area contributed by atoms with Crippen molar-refractivity contribution in [1.29, 1.82) is 0 Å². The molecule has 1 N–H and O–H groups in total. The Morgan fingerprint density at radius 2 is 2.05 bits per heavy atom. The molecule has 110 valence electrons. The lowest BCUT2D eigenvalue weighted by Crippen LogP contribution is -2.33. The van der Waals surface area contributed by atoms with Gasteiger partial charge < -0.3 is 9.73 Å². The minimum atomic E-state index is -0.415. The molecule has 2 aromatic rings. The molecular weight excluding hydrogens is 271 g/mol. The number of oxazole rings is 1. The molecule has 0 aliphatic heterocycles. The molecule has 1 fully saturated rings. The van der Waals surface area contributed by atoms with Gasteiger partial charge in [0, 0.05) is 6.04 Å². The summed E-state index contributed by atoms with van der Waals surface area (Å²) < 4.78 is 19.2. The molecule has 0 unspecified atom stereocenters. The summed E-state index contributed by atoms with van der Waals surface area (Å²) in [6.07, 6.45) is 4.29. The SMILES string of the molecule is Cc1oc(-c2ccccc2F)nc1C(=O)NC1CCCC1. The number of carbonyl (C=O) groups excluding carboxylic acids is 1. The van der Waals surface area contributed by atoms with Crippen LogP contribution < -0.4 is 5.32 Å². The second kappa shape index (κ2) is 5.68. The fraction of sp³-hybridized carbons (Fsp3) is 0.375. The maximum absolute atomic E-state index is 13.7. The van der Waals surface area contributed by atoms with Crippen LogP contribution in [0.4, 0.5) is 4.39 Å². The van der Waals surface area contributed by atoms with E-state index in [1.54, 1.807) is 25.1 Å². The largest absolute Gasteiger partial charge is 0.440 e. The van der Waals surface area contributed by atoms with Crippen molar-refractivity contribution in [3.8, 4) is 11.5 Å². The van der Waals surface area contributed by atoms with E-state index in [9.17, 15) is 9.18 Å². The average Bonchev–Trinajstić information content (AvgIpc) is 3.09. The lowest BCUT2D eigenvalue weighted by Gasteiger charge is -2.10. The lowest BCUT2D eigenvalue weighted by atomic mass is 10.2. The molecule has 1 heterocycles. The zero-order valence-electron chi connectivity index (χ0n) is 11.9. The number of benzene rings is 1. The van der Waals surface area contributed by atoms with Crippen molar-refractivity contribution in [3.63, 3.8) is 0 Å². The number of aryl methyl sites for hydroxylation is 1. The summed E-state index contributed by atoms with van der Waals surface area (Å²) in [5.74, 6) is -0.113. The van der Waals surface area contributed by atoms with Crippen LogP contribution in [0.5, 0.6) is 0 Å². The highest BCUT2D eigenvalue weighted by Gasteiger charge is 2.23. The van der Waals surface area contributed by atoms with Crippen LogP contribution in [-0.4, -0.2) is 16.9 Å². The lowest BCUT2D eigenvalue weighted by molar-refractivity contribution is 0.0932. The quantitative estimate of drug-likeness (QED) is 0.941. The second-order valence-electron chi connectivity index (χ2n) is 5.36. The zero-order valence-corrected chi connectivity index (χ0v) is 11.9. The molecule has 1 saturated carbocycles. The van der Waals surface area contributed by atoms with E-state index in [4.69, 9.17) is 4.42 Å². The Kier molecular flexibility index (Phi) is 3.73. The Morgan fingerprint density at radius 1 is 1.33 bits per heavy atom. The fourth-order valence-corrected chi connectivity index (χ4v) is 2.68. The fourth-order valence-electron chi connectivity index (χ4n) is 2.68. The van der Waals surface area contributed by atoms with Gasteiger partial charge in [0.15, 0.2) is 5.69 Å². The van der Waals surface area contributed by atoms with E-state index in [1.165, 1.54) is 6.07 Å². The van der Waals surface area contributed by atoms with Gasteiger partial charge in [0.2, 0.25) is 5.89 Å². The molecule has 0 radical (unpaired) electrons. The molecule has 1 aromatic heterocycles. The number of amides is 1. The van der Waals surface area contributed by atoms with Gasteiger partial charge in [-0.3, -0.25) is 4.79 Å². The van der Waals surface area contributed by atoms with Crippen LogP contribution in [0.15, 0.2) is 28.7 Å². The molecule has 1 amide bonds. The third-order valence-electron chi connectivity index (χ3n) is 3.81. The summed E-state index contributed by atoms with van der Waals surface area (Å²) in [4.78, 5) is 16.4. The van der Waals surface area contributed by atoms with Crippen LogP contribution in [0.1, 0.15) is 41.9 Å². The van der Waals surface area contributed by atoms with Crippen LogP contribution in [0.2, 0.25) is 0 Å². The van der Waals surface area contributed by atoms with E-state index < -0.39 is 5.82 Å². The van der Waals surface area contributed by atoms with Gasteiger partial charge in [-0.05, 0) is 31.9 Å². The molecule has 5 heteroatoms. The van der Waals surface area contributed by atoms with Gasteiger partial charge in [0.1, 0.15) is 11.6 Å². The molecule has 21 heavy (non-hydrogen) atoms. The summed E-state index contributed by atoms with van der Waals surface area (Å²) in [5, 5.41) is 2.96. The van der Waals surface area contributed by atoms with E-state index in [0.717, 1.165) is 25.7 Å². The predicted molar refractivity (Wildman–Crippen MR) is 76.4 cm³/mol. The first kappa shape index (κ1) is 13.8. The first-order valence-corrected chi connectivity index (χ1v) is 7.18. The van der Waals surface area contributed by atoms with Gasteiger partial charge in [-0.25, -0.2) is 9.37 Å². The van der Waals surface area contributed by atoms with E-state index in [2.05, 4.69) is 10.3 Å². The van der Waals surface area contributed by atoms with E-state index in [1.807, 2.05) is 0 Å². The smallest absolute Gasteiger partial charge is 0.273 e. The van der Waals surface area contributed by atoms with E-state index in [-0.39, 0.29) is 29.1 Å².